The number of aromatic hydroxyl groups is 2. The van der Waals surface area contributed by atoms with Gasteiger partial charge < -0.3 is 64.9 Å². The van der Waals surface area contributed by atoms with Gasteiger partial charge in [0.2, 0.25) is 12.1 Å². The number of carbonyl (C=O) groups is 2. The van der Waals surface area contributed by atoms with Gasteiger partial charge in [0.25, 0.3) is 0 Å². The topological polar surface area (TPSA) is 253 Å². The maximum absolute atomic E-state index is 13.5. The molecule has 2 heterocycles. The number of ether oxygens (including phenoxy) is 4. The number of hydrogen-bond donors (Lipinski definition) is 9. The van der Waals surface area contributed by atoms with Gasteiger partial charge in [-0.05, 0) is 30.7 Å². The van der Waals surface area contributed by atoms with Gasteiger partial charge in [-0.1, -0.05) is 0 Å². The number of ketones is 2. The van der Waals surface area contributed by atoms with Crippen LogP contribution in [0.3, 0.4) is 0 Å². The largest absolute Gasteiger partial charge is 0.508 e. The van der Waals surface area contributed by atoms with Crippen molar-refractivity contribution < 1.29 is 74.5 Å². The molecule has 15 heteroatoms. The first kappa shape index (κ1) is 30.2. The van der Waals surface area contributed by atoms with Gasteiger partial charge in [-0.15, -0.1) is 0 Å². The average molecular weight is 595 g/mol. The van der Waals surface area contributed by atoms with E-state index in [-0.39, 0.29) is 28.0 Å². The van der Waals surface area contributed by atoms with Crippen LogP contribution >= 0.6 is 0 Å². The van der Waals surface area contributed by atoms with E-state index < -0.39 is 97.7 Å². The molecule has 0 radical (unpaired) electrons. The maximum atomic E-state index is 13.5. The summed E-state index contributed by atoms with van der Waals surface area (Å²) in [4.78, 5) is 26.7. The fraction of sp³-hybridized carbons (Fsp3) is 0.481. The lowest BCUT2D eigenvalue weighted by molar-refractivity contribution is -0.323. The van der Waals surface area contributed by atoms with Crippen molar-refractivity contribution in [1.29, 1.82) is 0 Å². The molecule has 2 aromatic carbocycles. The summed E-state index contributed by atoms with van der Waals surface area (Å²) in [5.74, 6) is -2.82. The average Bonchev–Trinajstić information content (AvgIpc) is 2.94. The summed E-state index contributed by atoms with van der Waals surface area (Å²) in [7, 11) is 0. The lowest BCUT2D eigenvalue weighted by Crippen LogP contribution is -2.62. The van der Waals surface area contributed by atoms with Crippen molar-refractivity contribution in [3.05, 3.63) is 52.1 Å². The summed E-state index contributed by atoms with van der Waals surface area (Å²) in [6.45, 7) is 0.273. The quantitative estimate of drug-likeness (QED) is 0.140. The van der Waals surface area contributed by atoms with Gasteiger partial charge in [0.05, 0.1) is 24.3 Å². The van der Waals surface area contributed by atoms with Crippen LogP contribution < -0.4 is 4.74 Å². The van der Waals surface area contributed by atoms with E-state index in [1.54, 1.807) is 6.92 Å². The van der Waals surface area contributed by atoms with E-state index in [1.807, 2.05) is 0 Å². The Labute approximate surface area is 237 Å². The van der Waals surface area contributed by atoms with Gasteiger partial charge in [-0.2, -0.15) is 0 Å². The first-order valence-electron chi connectivity index (χ1n) is 12.9. The molecular formula is C27H30O15. The van der Waals surface area contributed by atoms with Gasteiger partial charge >= 0.3 is 0 Å². The Morgan fingerprint density at radius 2 is 1.31 bits per heavy atom. The van der Waals surface area contributed by atoms with Crippen molar-refractivity contribution in [2.75, 3.05) is 13.2 Å². The third-order valence-corrected chi connectivity index (χ3v) is 7.48. The smallest absolute Gasteiger partial charge is 0.229 e. The normalized spacial score (nSPS) is 34.6. The molecular weight excluding hydrogens is 564 g/mol. The molecule has 2 aromatic rings. The molecule has 0 amide bonds. The highest BCUT2D eigenvalue weighted by molar-refractivity contribution is 6.30. The van der Waals surface area contributed by atoms with Gasteiger partial charge in [0, 0.05) is 17.2 Å². The predicted octanol–water partition coefficient (Wildman–Crippen LogP) is -2.82. The molecule has 1 aliphatic carbocycles. The number of aliphatic hydroxyl groups is 7. The highest BCUT2D eigenvalue weighted by Gasteiger charge is 2.48. The second-order valence-electron chi connectivity index (χ2n) is 10.4. The van der Waals surface area contributed by atoms with Crippen molar-refractivity contribution >= 4 is 11.6 Å². The van der Waals surface area contributed by atoms with Gasteiger partial charge in [0.15, 0.2) is 12.1 Å². The zero-order chi connectivity index (χ0) is 30.6. The van der Waals surface area contributed by atoms with E-state index in [2.05, 4.69) is 0 Å². The number of phenols is 2. The molecule has 5 rings (SSSR count). The molecule has 15 nitrogen and oxygen atoms in total. The van der Waals surface area contributed by atoms with Gasteiger partial charge in [-0.3, -0.25) is 9.59 Å². The highest BCUT2D eigenvalue weighted by Crippen LogP contribution is 2.40. The number of benzene rings is 2. The second-order valence-corrected chi connectivity index (χ2v) is 10.4. The fourth-order valence-corrected chi connectivity index (χ4v) is 5.23. The van der Waals surface area contributed by atoms with Crippen LogP contribution in [0.4, 0.5) is 0 Å². The Balaban J connectivity index is 1.39. The fourth-order valence-electron chi connectivity index (χ4n) is 5.23. The van der Waals surface area contributed by atoms with E-state index in [0.717, 1.165) is 12.1 Å². The number of aryl methyl sites for hydroxylation is 1. The van der Waals surface area contributed by atoms with Crippen LogP contribution in [-0.2, 0) is 14.2 Å². The summed E-state index contributed by atoms with van der Waals surface area (Å²) < 4.78 is 22.1. The van der Waals surface area contributed by atoms with E-state index in [9.17, 15) is 55.5 Å². The molecule has 0 saturated carbocycles. The van der Waals surface area contributed by atoms with Crippen molar-refractivity contribution in [3.8, 4) is 17.2 Å². The SMILES string of the molecule is Cc1cc(O[C@@H]2O[C@H](CO[C@@H]3O[C@H](CO)[C@@H](O)[C@H](O)[C@H]3O)[C@@H](O)[C@H](O)[C@H]2O)c2c(c1)C(=O)c1cc(O)cc(O)c1C2=O. The molecule has 0 bridgehead atoms. The molecule has 0 spiro atoms. The van der Waals surface area contributed by atoms with E-state index in [1.165, 1.54) is 12.1 Å². The minimum Gasteiger partial charge on any atom is -0.508 e. The number of fused-ring (bicyclic) bond motifs is 2. The Morgan fingerprint density at radius 1 is 0.714 bits per heavy atom. The molecule has 42 heavy (non-hydrogen) atoms. The van der Waals surface area contributed by atoms with Crippen molar-refractivity contribution in [1.82, 2.24) is 0 Å². The van der Waals surface area contributed by atoms with E-state index >= 15 is 0 Å². The summed E-state index contributed by atoms with van der Waals surface area (Å²) >= 11 is 0. The van der Waals surface area contributed by atoms with Crippen LogP contribution in [0.25, 0.3) is 0 Å². The Hall–Kier alpha value is -3.22. The first-order valence-corrected chi connectivity index (χ1v) is 12.9. The van der Waals surface area contributed by atoms with Crippen LogP contribution in [-0.4, -0.2) is 132 Å². The second kappa shape index (κ2) is 11.5. The molecule has 2 saturated heterocycles. The van der Waals surface area contributed by atoms with Crippen molar-refractivity contribution in [2.24, 2.45) is 0 Å². The van der Waals surface area contributed by atoms with Crippen molar-refractivity contribution in [3.63, 3.8) is 0 Å². The first-order chi connectivity index (χ1) is 19.8. The summed E-state index contributed by atoms with van der Waals surface area (Å²) in [5.41, 5.74) is -0.526. The lowest BCUT2D eigenvalue weighted by atomic mass is 9.82. The zero-order valence-corrected chi connectivity index (χ0v) is 22.0. The molecule has 9 N–H and O–H groups in total. The molecule has 2 fully saturated rings. The minimum atomic E-state index is -1.87. The Kier molecular flexibility index (Phi) is 8.25. The Morgan fingerprint density at radius 3 is 1.98 bits per heavy atom. The summed E-state index contributed by atoms with van der Waals surface area (Å²) in [6, 6.07) is 4.71. The molecule has 10 atom stereocenters. The highest BCUT2D eigenvalue weighted by atomic mass is 16.7. The molecule has 228 valence electrons. The minimum absolute atomic E-state index is 0.110. The number of aliphatic hydroxyl groups excluding tert-OH is 7. The standard InChI is InChI=1S/C27H30O15/c1-8-2-10-17(21(34)16-11(18(10)31)4-9(29)5-12(16)30)13(3-8)40-27-25(38)23(36)20(33)15(42-27)7-39-26-24(37)22(35)19(32)14(6-28)41-26/h2-5,14-15,19-20,22-30,32-33,35-38H,6-7H2,1H3/t14-,15-,19-,20-,22+,23+,24-,25-,26-,27-/m1/s1. The van der Waals surface area contributed by atoms with Crippen LogP contribution in [0.2, 0.25) is 0 Å². The lowest BCUT2D eigenvalue weighted by Gasteiger charge is -2.42. The predicted molar refractivity (Wildman–Crippen MR) is 135 cm³/mol. The van der Waals surface area contributed by atoms with Gasteiger partial charge in [-0.25, -0.2) is 0 Å². The van der Waals surface area contributed by atoms with Crippen molar-refractivity contribution in [2.45, 2.75) is 68.3 Å². The number of rotatable bonds is 6. The number of phenolic OH excluding ortho intramolecular Hbond substituents is 2. The van der Waals surface area contributed by atoms with E-state index in [4.69, 9.17) is 18.9 Å². The maximum Gasteiger partial charge on any atom is 0.229 e. The van der Waals surface area contributed by atoms with Crippen LogP contribution in [0, 0.1) is 6.92 Å². The number of carbonyl (C=O) groups excluding carboxylic acids is 2. The van der Waals surface area contributed by atoms with Crippen LogP contribution in [0.15, 0.2) is 24.3 Å². The van der Waals surface area contributed by atoms with Crippen LogP contribution in [0.5, 0.6) is 17.2 Å². The third kappa shape index (κ3) is 5.13. The molecule has 0 unspecified atom stereocenters. The third-order valence-electron chi connectivity index (χ3n) is 7.48. The molecule has 0 aromatic heterocycles. The molecule has 2 aliphatic heterocycles. The summed E-state index contributed by atoms with van der Waals surface area (Å²) in [5, 5.41) is 91.2. The monoisotopic (exact) mass is 594 g/mol. The molecule has 3 aliphatic rings. The number of hydrogen-bond acceptors (Lipinski definition) is 15. The van der Waals surface area contributed by atoms with E-state index in [0.29, 0.717) is 5.56 Å². The Bertz CT molecular complexity index is 1380. The summed E-state index contributed by atoms with van der Waals surface area (Å²) in [6.07, 6.45) is -16.6. The zero-order valence-electron chi connectivity index (χ0n) is 22.0. The van der Waals surface area contributed by atoms with Gasteiger partial charge in [0.1, 0.15) is 66.1 Å². The van der Waals surface area contributed by atoms with Crippen LogP contribution in [0.1, 0.15) is 37.4 Å².